The van der Waals surface area contributed by atoms with Crippen LogP contribution in [0.5, 0.6) is 0 Å². The van der Waals surface area contributed by atoms with E-state index in [9.17, 15) is 0 Å². The zero-order valence-corrected chi connectivity index (χ0v) is 22.5. The fourth-order valence-corrected chi connectivity index (χ4v) is 8.28. The Kier molecular flexibility index (Phi) is 4.35. The molecule has 8 rings (SSSR count). The molecular formula is C33H24N2S2. The summed E-state index contributed by atoms with van der Waals surface area (Å²) in [5, 5.41) is 8.78. The number of nitrogens with zero attached hydrogens (tertiary/aromatic N) is 1. The van der Waals surface area contributed by atoms with Crippen molar-refractivity contribution >= 4 is 75.9 Å². The minimum absolute atomic E-state index is 1.16. The first-order chi connectivity index (χ1) is 18.1. The van der Waals surface area contributed by atoms with Gasteiger partial charge < -0.3 is 9.72 Å². The molecule has 0 fully saturated rings. The van der Waals surface area contributed by atoms with Crippen molar-refractivity contribution in [1.29, 1.82) is 0 Å². The summed E-state index contributed by atoms with van der Waals surface area (Å²) in [6.45, 7) is 4.47. The number of nitrogens with one attached hydrogen (secondary N) is 1. The number of fused-ring (bicyclic) bond motifs is 6. The van der Waals surface area contributed by atoms with Crippen LogP contribution in [-0.2, 0) is 0 Å². The Morgan fingerprint density at radius 2 is 1.00 bits per heavy atom. The fraction of sp³-hybridized carbons (Fsp3) is 0.0909. The molecule has 3 aromatic carbocycles. The monoisotopic (exact) mass is 512 g/mol. The van der Waals surface area contributed by atoms with Crippen LogP contribution < -0.4 is 5.32 Å². The molecule has 0 radical (unpaired) electrons. The van der Waals surface area contributed by atoms with Gasteiger partial charge in [0.1, 0.15) is 0 Å². The molecule has 8 aromatic rings. The molecule has 0 amide bonds. The number of benzene rings is 3. The summed E-state index contributed by atoms with van der Waals surface area (Å²) in [5.74, 6) is 0. The van der Waals surface area contributed by atoms with Gasteiger partial charge in [-0.3, -0.25) is 0 Å². The first kappa shape index (κ1) is 21.2. The van der Waals surface area contributed by atoms with Crippen LogP contribution in [0, 0.1) is 13.8 Å². The lowest BCUT2D eigenvalue weighted by Gasteiger charge is -2.15. The highest BCUT2D eigenvalue weighted by Crippen LogP contribution is 2.52. The van der Waals surface area contributed by atoms with Gasteiger partial charge in [0.15, 0.2) is 0 Å². The molecule has 5 aromatic heterocycles. The van der Waals surface area contributed by atoms with Gasteiger partial charge in [-0.2, -0.15) is 0 Å². The number of aryl methyl sites for hydroxylation is 2. The Hall–Kier alpha value is -3.86. The Balaban J connectivity index is 1.79. The van der Waals surface area contributed by atoms with Crippen LogP contribution in [0.3, 0.4) is 0 Å². The van der Waals surface area contributed by atoms with E-state index in [0.717, 1.165) is 5.69 Å². The maximum Gasteiger partial charge on any atom is 0.0637 e. The third kappa shape index (κ3) is 2.80. The molecular weight excluding hydrogens is 489 g/mol. The van der Waals surface area contributed by atoms with Gasteiger partial charge in [-0.05, 0) is 49.2 Å². The highest BCUT2D eigenvalue weighted by molar-refractivity contribution is 7.21. The Morgan fingerprint density at radius 1 is 0.568 bits per heavy atom. The standard InChI is InChI=1S/C33H24N2S2/c1-18-14-23-30-27(20-10-6-4-7-11-20)28(21-12-8-5-9-13-21)31-24-15-19(2)37-33(24)26-17-22(34-3)16-25(32(23)36-18)29(26)35(30)31/h4-17,34H,1-3H3. The summed E-state index contributed by atoms with van der Waals surface area (Å²) in [7, 11) is 2.02. The molecule has 0 atom stereocenters. The molecule has 4 heteroatoms. The number of thiophene rings is 2. The summed E-state index contributed by atoms with van der Waals surface area (Å²) >= 11 is 3.82. The Morgan fingerprint density at radius 3 is 1.43 bits per heavy atom. The highest BCUT2D eigenvalue weighted by atomic mass is 32.1. The largest absolute Gasteiger partial charge is 0.388 e. The average molecular weight is 513 g/mol. The molecule has 0 unspecified atom stereocenters. The van der Waals surface area contributed by atoms with Crippen LogP contribution in [-0.4, -0.2) is 11.4 Å². The van der Waals surface area contributed by atoms with Crippen molar-refractivity contribution in [3.8, 4) is 22.3 Å². The van der Waals surface area contributed by atoms with E-state index in [-0.39, 0.29) is 0 Å². The maximum absolute atomic E-state index is 3.44. The summed E-state index contributed by atoms with van der Waals surface area (Å²) in [6, 6.07) is 31.4. The topological polar surface area (TPSA) is 16.4 Å². The molecule has 0 spiro atoms. The predicted molar refractivity (Wildman–Crippen MR) is 164 cm³/mol. The lowest BCUT2D eigenvalue weighted by atomic mass is 9.95. The molecule has 0 bridgehead atoms. The smallest absolute Gasteiger partial charge is 0.0637 e. The second kappa shape index (κ2) is 7.58. The fourth-order valence-electron chi connectivity index (χ4n) is 6.22. The van der Waals surface area contributed by atoms with Crippen molar-refractivity contribution in [3.63, 3.8) is 0 Å². The van der Waals surface area contributed by atoms with Gasteiger partial charge in [-0.15, -0.1) is 22.7 Å². The van der Waals surface area contributed by atoms with Crippen molar-refractivity contribution in [2.45, 2.75) is 13.8 Å². The summed E-state index contributed by atoms with van der Waals surface area (Å²) in [4.78, 5) is 2.68. The van der Waals surface area contributed by atoms with Crippen LogP contribution in [0.15, 0.2) is 84.9 Å². The minimum atomic E-state index is 1.16. The number of hydrogen-bond donors (Lipinski definition) is 1. The molecule has 2 nitrogen and oxygen atoms in total. The Labute approximate surface area is 222 Å². The van der Waals surface area contributed by atoms with E-state index in [1.807, 2.05) is 29.7 Å². The first-order valence-electron chi connectivity index (χ1n) is 12.6. The zero-order chi connectivity index (χ0) is 24.8. The van der Waals surface area contributed by atoms with Gasteiger partial charge in [0.25, 0.3) is 0 Å². The van der Waals surface area contributed by atoms with Gasteiger partial charge in [-0.1, -0.05) is 60.7 Å². The van der Waals surface area contributed by atoms with E-state index >= 15 is 0 Å². The predicted octanol–water partition coefficient (Wildman–Crippen LogP) is 10.1. The summed E-state index contributed by atoms with van der Waals surface area (Å²) in [5.41, 5.74) is 10.3. The first-order valence-corrected chi connectivity index (χ1v) is 14.3. The van der Waals surface area contributed by atoms with E-state index < -0.39 is 0 Å². The number of anilines is 1. The second-order valence-electron chi connectivity index (χ2n) is 9.88. The number of hydrogen-bond acceptors (Lipinski definition) is 3. The van der Waals surface area contributed by atoms with Crippen LogP contribution in [0.25, 0.3) is 69.7 Å². The lowest BCUT2D eigenvalue weighted by Crippen LogP contribution is -1.96. The van der Waals surface area contributed by atoms with Gasteiger partial charge in [-0.25, -0.2) is 0 Å². The maximum atomic E-state index is 3.44. The van der Waals surface area contributed by atoms with E-state index in [4.69, 9.17) is 0 Å². The normalized spacial score (nSPS) is 12.2. The summed E-state index contributed by atoms with van der Waals surface area (Å²) < 4.78 is 5.34. The van der Waals surface area contributed by atoms with Gasteiger partial charge >= 0.3 is 0 Å². The molecule has 0 aliphatic rings. The van der Waals surface area contributed by atoms with Crippen molar-refractivity contribution in [1.82, 2.24) is 4.40 Å². The van der Waals surface area contributed by atoms with Crippen molar-refractivity contribution in [3.05, 3.63) is 94.7 Å². The van der Waals surface area contributed by atoms with Crippen LogP contribution in [0.1, 0.15) is 9.75 Å². The molecule has 0 aliphatic heterocycles. The zero-order valence-electron chi connectivity index (χ0n) is 20.8. The minimum Gasteiger partial charge on any atom is -0.388 e. The van der Waals surface area contributed by atoms with Gasteiger partial charge in [0.2, 0.25) is 0 Å². The molecule has 178 valence electrons. The van der Waals surface area contributed by atoms with E-state index in [1.165, 1.54) is 79.5 Å². The number of aromatic nitrogens is 1. The molecule has 5 heterocycles. The van der Waals surface area contributed by atoms with E-state index in [0.29, 0.717) is 0 Å². The van der Waals surface area contributed by atoms with Gasteiger partial charge in [0, 0.05) is 64.6 Å². The van der Waals surface area contributed by atoms with E-state index in [1.54, 1.807) is 0 Å². The highest BCUT2D eigenvalue weighted by Gasteiger charge is 2.28. The van der Waals surface area contributed by atoms with Crippen molar-refractivity contribution in [2.24, 2.45) is 0 Å². The van der Waals surface area contributed by atoms with Crippen LogP contribution >= 0.6 is 22.7 Å². The van der Waals surface area contributed by atoms with Crippen molar-refractivity contribution < 1.29 is 0 Å². The van der Waals surface area contributed by atoms with Crippen LogP contribution in [0.2, 0.25) is 0 Å². The molecule has 37 heavy (non-hydrogen) atoms. The molecule has 1 N–H and O–H groups in total. The quantitative estimate of drug-likeness (QED) is 0.249. The van der Waals surface area contributed by atoms with Crippen molar-refractivity contribution in [2.75, 3.05) is 12.4 Å². The molecule has 0 aliphatic carbocycles. The van der Waals surface area contributed by atoms with Gasteiger partial charge in [0.05, 0.1) is 16.6 Å². The number of rotatable bonds is 3. The summed E-state index contributed by atoms with van der Waals surface area (Å²) in [6.07, 6.45) is 0. The average Bonchev–Trinajstić information content (AvgIpc) is 3.61. The molecule has 0 saturated carbocycles. The molecule has 0 saturated heterocycles. The third-order valence-electron chi connectivity index (χ3n) is 7.63. The lowest BCUT2D eigenvalue weighted by molar-refractivity contribution is 1.36. The van der Waals surface area contributed by atoms with Crippen LogP contribution in [0.4, 0.5) is 5.69 Å². The number of pyridine rings is 2. The SMILES string of the molecule is CNc1cc2c3sc(C)cc3c3c(-c4ccccc4)c(-c4ccccc4)c4c5cc(C)sc5c(c1)c2n34. The third-order valence-corrected chi connectivity index (χ3v) is 9.80. The second-order valence-corrected chi connectivity index (χ2v) is 12.4. The van der Waals surface area contributed by atoms with E-state index in [2.05, 4.69) is 108 Å². The Bertz CT molecular complexity index is 1980.